The highest BCUT2D eigenvalue weighted by Crippen LogP contribution is 2.69. The number of nitrogens with zero attached hydrogens (tertiary/aromatic N) is 1. The van der Waals surface area contributed by atoms with Crippen LogP contribution in [0, 0.1) is 40.4 Å². The zero-order valence-electron chi connectivity index (χ0n) is 19.4. The Balaban J connectivity index is 1.35. The predicted molar refractivity (Wildman–Crippen MR) is 118 cm³/mol. The summed E-state index contributed by atoms with van der Waals surface area (Å²) in [6.45, 7) is 5.89. The molecule has 4 heteroatoms. The summed E-state index contributed by atoms with van der Waals surface area (Å²) in [5, 5.41) is 10.3. The molecule has 30 heavy (non-hydrogen) atoms. The number of rotatable bonds is 4. The van der Waals surface area contributed by atoms with Gasteiger partial charge in [-0.3, -0.25) is 4.79 Å². The van der Waals surface area contributed by atoms with Gasteiger partial charge in [-0.2, -0.15) is 0 Å². The molecule has 1 aliphatic heterocycles. The van der Waals surface area contributed by atoms with Crippen LogP contribution >= 0.6 is 0 Å². The number of aliphatic hydroxyl groups excluding tert-OH is 1. The van der Waals surface area contributed by atoms with E-state index in [2.05, 4.69) is 19.9 Å². The smallest absolute Gasteiger partial charge is 0.222 e. The van der Waals surface area contributed by atoms with Crippen molar-refractivity contribution in [3.8, 4) is 0 Å². The Morgan fingerprint density at radius 3 is 2.80 bits per heavy atom. The van der Waals surface area contributed by atoms with Crippen LogP contribution < -0.4 is 0 Å². The van der Waals surface area contributed by atoms with E-state index in [1.807, 2.05) is 14.1 Å². The minimum absolute atomic E-state index is 0.232. The Labute approximate surface area is 182 Å². The number of hydrogen-bond donors (Lipinski definition) is 1. The molecule has 0 unspecified atom stereocenters. The van der Waals surface area contributed by atoms with E-state index < -0.39 is 0 Å². The molecule has 1 heterocycles. The van der Waals surface area contributed by atoms with E-state index in [1.165, 1.54) is 37.7 Å². The zero-order valence-corrected chi connectivity index (χ0v) is 19.4. The number of amides is 1. The van der Waals surface area contributed by atoms with Crippen molar-refractivity contribution in [1.82, 2.24) is 4.90 Å². The molecule has 2 bridgehead atoms. The average Bonchev–Trinajstić information content (AvgIpc) is 3.19. The van der Waals surface area contributed by atoms with Crippen molar-refractivity contribution in [3.63, 3.8) is 0 Å². The predicted octanol–water partition coefficient (Wildman–Crippen LogP) is 4.42. The average molecular weight is 416 g/mol. The Kier molecular flexibility index (Phi) is 5.13. The summed E-state index contributed by atoms with van der Waals surface area (Å²) in [4.78, 5) is 13.9. The minimum atomic E-state index is -0.260. The largest absolute Gasteiger partial charge is 0.389 e. The van der Waals surface area contributed by atoms with Crippen molar-refractivity contribution in [3.05, 3.63) is 11.6 Å². The second-order valence-electron chi connectivity index (χ2n) is 11.8. The van der Waals surface area contributed by atoms with Crippen molar-refractivity contribution >= 4 is 5.91 Å². The van der Waals surface area contributed by atoms with Crippen LogP contribution in [-0.2, 0) is 9.53 Å². The number of ether oxygens (including phenoxy) is 1. The van der Waals surface area contributed by atoms with E-state index in [0.29, 0.717) is 17.8 Å². The summed E-state index contributed by atoms with van der Waals surface area (Å²) in [7, 11) is 3.74. The van der Waals surface area contributed by atoms with Gasteiger partial charge in [0.1, 0.15) is 0 Å². The van der Waals surface area contributed by atoms with Gasteiger partial charge in [-0.05, 0) is 91.9 Å². The molecule has 1 amide bonds. The second-order valence-corrected chi connectivity index (χ2v) is 11.8. The Bertz CT molecular complexity index is 732. The summed E-state index contributed by atoms with van der Waals surface area (Å²) in [5.74, 6) is 3.98. The maximum Gasteiger partial charge on any atom is 0.222 e. The summed E-state index contributed by atoms with van der Waals surface area (Å²) < 4.78 is 6.38. The Hall–Kier alpha value is -0.870. The lowest BCUT2D eigenvalue weighted by molar-refractivity contribution is -0.129. The van der Waals surface area contributed by atoms with Crippen molar-refractivity contribution in [2.75, 3.05) is 20.7 Å². The molecule has 5 rings (SSSR count). The first-order chi connectivity index (χ1) is 14.3. The van der Waals surface area contributed by atoms with Gasteiger partial charge in [-0.25, -0.2) is 0 Å². The molecule has 9 atom stereocenters. The summed E-state index contributed by atoms with van der Waals surface area (Å²) >= 11 is 0. The molecule has 168 valence electrons. The van der Waals surface area contributed by atoms with Crippen molar-refractivity contribution in [2.45, 2.75) is 83.8 Å². The monoisotopic (exact) mass is 415 g/mol. The van der Waals surface area contributed by atoms with E-state index in [1.54, 1.807) is 4.90 Å². The fraction of sp³-hybridized carbons (Fsp3) is 0.885. The molecule has 0 spiro atoms. The maximum atomic E-state index is 12.1. The third-order valence-corrected chi connectivity index (χ3v) is 10.4. The van der Waals surface area contributed by atoms with Gasteiger partial charge in [0, 0.05) is 25.9 Å². The van der Waals surface area contributed by atoms with Gasteiger partial charge in [-0.1, -0.05) is 19.9 Å². The van der Waals surface area contributed by atoms with Crippen molar-refractivity contribution < 1.29 is 14.6 Å². The number of fused-ring (bicyclic) bond motifs is 3. The molecule has 4 aliphatic carbocycles. The first-order valence-electron chi connectivity index (χ1n) is 12.5. The first-order valence-corrected chi connectivity index (χ1v) is 12.5. The summed E-state index contributed by atoms with van der Waals surface area (Å²) in [6.07, 6.45) is 12.4. The van der Waals surface area contributed by atoms with E-state index in [-0.39, 0.29) is 23.5 Å². The third-order valence-electron chi connectivity index (χ3n) is 10.4. The molecule has 3 saturated carbocycles. The van der Waals surface area contributed by atoms with Crippen LogP contribution in [0.15, 0.2) is 11.6 Å². The lowest BCUT2D eigenvalue weighted by Gasteiger charge is -2.57. The number of carbonyl (C=O) groups excluding carboxylic acids is 1. The molecule has 0 radical (unpaired) electrons. The van der Waals surface area contributed by atoms with E-state index >= 15 is 0 Å². The Morgan fingerprint density at radius 2 is 2.03 bits per heavy atom. The van der Waals surface area contributed by atoms with E-state index in [9.17, 15) is 9.90 Å². The maximum absolute atomic E-state index is 12.1. The second kappa shape index (κ2) is 7.33. The fourth-order valence-electron chi connectivity index (χ4n) is 8.93. The van der Waals surface area contributed by atoms with Crippen molar-refractivity contribution in [2.24, 2.45) is 40.4 Å². The van der Waals surface area contributed by atoms with Gasteiger partial charge in [0.2, 0.25) is 5.91 Å². The van der Waals surface area contributed by atoms with Gasteiger partial charge in [0.25, 0.3) is 0 Å². The molecular weight excluding hydrogens is 374 g/mol. The number of carbonyl (C=O) groups is 1. The highest BCUT2D eigenvalue weighted by molar-refractivity contribution is 5.75. The molecule has 4 fully saturated rings. The van der Waals surface area contributed by atoms with Crippen LogP contribution in [-0.4, -0.2) is 48.8 Å². The van der Waals surface area contributed by atoms with Crippen LogP contribution in [0.2, 0.25) is 0 Å². The SMILES string of the molecule is C[C@H](CCC(=O)N(C)C)[C@H]1CC[C@H]2[C@@H]3C[C@@H]4OC[C@@]5(CC[C@@H](O)C=C45)[C@H]3CC[C@]12C. The standard InChI is InChI=1S/C26H41NO3/c1-16(5-8-24(29)27(3)4)19-6-7-20-18-14-23-22-13-17(28)9-12-26(22,15-30-23)21(18)10-11-25(19,20)2/h13,16-21,23,28H,5-12,14-15H2,1-4H3/t16-,17-,18+,19-,20+,21+,23+,25-,26+/m1/s1. The third kappa shape index (κ3) is 2.96. The lowest BCUT2D eigenvalue weighted by Crippen LogP contribution is -2.53. The molecular formula is C26H41NO3. The van der Waals surface area contributed by atoms with Gasteiger partial charge in [0.15, 0.2) is 0 Å². The van der Waals surface area contributed by atoms with Gasteiger partial charge < -0.3 is 14.7 Å². The number of aliphatic hydroxyl groups is 1. The van der Waals surface area contributed by atoms with Crippen LogP contribution in [0.3, 0.4) is 0 Å². The molecule has 1 saturated heterocycles. The number of hydrogen-bond acceptors (Lipinski definition) is 3. The van der Waals surface area contributed by atoms with Gasteiger partial charge in [0.05, 0.1) is 18.8 Å². The molecule has 0 aromatic carbocycles. The molecule has 0 aromatic heterocycles. The van der Waals surface area contributed by atoms with Crippen LogP contribution in [0.25, 0.3) is 0 Å². The van der Waals surface area contributed by atoms with Crippen LogP contribution in [0.5, 0.6) is 0 Å². The Morgan fingerprint density at radius 1 is 1.23 bits per heavy atom. The summed E-state index contributed by atoms with van der Waals surface area (Å²) in [5.41, 5.74) is 2.12. The molecule has 5 aliphatic rings. The van der Waals surface area contributed by atoms with Gasteiger partial charge >= 0.3 is 0 Å². The highest BCUT2D eigenvalue weighted by atomic mass is 16.5. The highest BCUT2D eigenvalue weighted by Gasteiger charge is 2.64. The van der Waals surface area contributed by atoms with Crippen LogP contribution in [0.1, 0.15) is 71.6 Å². The molecule has 1 N–H and O–H groups in total. The fourth-order valence-corrected chi connectivity index (χ4v) is 8.93. The van der Waals surface area contributed by atoms with Gasteiger partial charge in [-0.15, -0.1) is 0 Å². The minimum Gasteiger partial charge on any atom is -0.389 e. The summed E-state index contributed by atoms with van der Waals surface area (Å²) in [6, 6.07) is 0. The normalized spacial score (nSPS) is 47.7. The zero-order chi connectivity index (χ0) is 21.3. The first kappa shape index (κ1) is 21.0. The van der Waals surface area contributed by atoms with Crippen LogP contribution in [0.4, 0.5) is 0 Å². The lowest BCUT2D eigenvalue weighted by atomic mass is 9.46. The molecule has 0 aromatic rings. The quantitative estimate of drug-likeness (QED) is 0.692. The topological polar surface area (TPSA) is 49.8 Å². The van der Waals surface area contributed by atoms with E-state index in [0.717, 1.165) is 49.5 Å². The van der Waals surface area contributed by atoms with Crippen molar-refractivity contribution in [1.29, 1.82) is 0 Å². The molecule has 4 nitrogen and oxygen atoms in total. The van der Waals surface area contributed by atoms with E-state index in [4.69, 9.17) is 4.74 Å².